The topological polar surface area (TPSA) is 102 Å². The number of nitrogens with two attached hydrogens (primary N) is 2. The molecule has 1 aromatic rings. The molecule has 2 rings (SSSR count). The minimum Gasteiger partial charge on any atom is -0.368 e. The summed E-state index contributed by atoms with van der Waals surface area (Å²) in [5.41, 5.74) is 8.42. The Bertz CT molecular complexity index is 417. The Morgan fingerprint density at radius 3 is 2.67 bits per heavy atom. The first kappa shape index (κ1) is 12.9. The van der Waals surface area contributed by atoms with Gasteiger partial charge in [0.1, 0.15) is 11.6 Å². The van der Waals surface area contributed by atoms with Gasteiger partial charge in [-0.15, -0.1) is 0 Å². The summed E-state index contributed by atoms with van der Waals surface area (Å²) in [5.74, 6) is 6.83. The Morgan fingerprint density at radius 2 is 2.00 bits per heavy atom. The second kappa shape index (κ2) is 4.97. The average Bonchev–Trinajstić information content (AvgIpc) is 2.31. The molecule has 1 aromatic heterocycles. The van der Waals surface area contributed by atoms with E-state index in [1.54, 1.807) is 6.07 Å². The second-order valence-electron chi connectivity index (χ2n) is 5.57. The molecular formula is C12H22N6. The maximum absolute atomic E-state index is 5.65. The maximum atomic E-state index is 5.65. The minimum absolute atomic E-state index is 0.224. The largest absolute Gasteiger partial charge is 0.368 e. The molecule has 0 spiro atoms. The molecule has 0 bridgehead atoms. The lowest BCUT2D eigenvalue weighted by atomic mass is 9.73. The van der Waals surface area contributed by atoms with Crippen LogP contribution >= 0.6 is 0 Å². The van der Waals surface area contributed by atoms with E-state index in [9.17, 15) is 0 Å². The van der Waals surface area contributed by atoms with E-state index in [4.69, 9.17) is 11.6 Å². The lowest BCUT2D eigenvalue weighted by molar-refractivity contribution is 0.216. The molecule has 1 saturated carbocycles. The molecule has 0 aliphatic heterocycles. The van der Waals surface area contributed by atoms with E-state index < -0.39 is 0 Å². The fourth-order valence-electron chi connectivity index (χ4n) is 2.55. The first-order chi connectivity index (χ1) is 8.51. The number of hydrogen-bond donors (Lipinski definition) is 4. The van der Waals surface area contributed by atoms with Gasteiger partial charge in [0.05, 0.1) is 0 Å². The SMILES string of the molecule is CC1(C)CCCCC1Nc1cc(NN)nc(N)n1. The summed E-state index contributed by atoms with van der Waals surface area (Å²) in [7, 11) is 0. The number of nitrogens with one attached hydrogen (secondary N) is 2. The van der Waals surface area contributed by atoms with Gasteiger partial charge in [-0.05, 0) is 18.3 Å². The van der Waals surface area contributed by atoms with Crippen LogP contribution in [0.4, 0.5) is 17.6 Å². The molecule has 1 unspecified atom stereocenters. The summed E-state index contributed by atoms with van der Waals surface area (Å²) in [5, 5.41) is 3.46. The van der Waals surface area contributed by atoms with Crippen LogP contribution in [0.25, 0.3) is 0 Å². The number of rotatable bonds is 3. The maximum Gasteiger partial charge on any atom is 0.223 e. The first-order valence-corrected chi connectivity index (χ1v) is 6.39. The van der Waals surface area contributed by atoms with Crippen LogP contribution in [0.15, 0.2) is 6.07 Å². The lowest BCUT2D eigenvalue weighted by Gasteiger charge is -2.39. The van der Waals surface area contributed by atoms with Crippen molar-refractivity contribution in [3.05, 3.63) is 6.07 Å². The number of anilines is 3. The minimum atomic E-state index is 0.224. The third-order valence-electron chi connectivity index (χ3n) is 3.72. The first-order valence-electron chi connectivity index (χ1n) is 6.39. The predicted molar refractivity (Wildman–Crippen MR) is 73.9 cm³/mol. The Balaban J connectivity index is 2.15. The van der Waals surface area contributed by atoms with E-state index in [0.29, 0.717) is 11.9 Å². The van der Waals surface area contributed by atoms with Crippen LogP contribution in [0, 0.1) is 5.41 Å². The van der Waals surface area contributed by atoms with Crippen molar-refractivity contribution < 1.29 is 0 Å². The molecule has 100 valence electrons. The molecule has 1 fully saturated rings. The normalized spacial score (nSPS) is 22.5. The van der Waals surface area contributed by atoms with Crippen LogP contribution in [0.2, 0.25) is 0 Å². The lowest BCUT2D eigenvalue weighted by Crippen LogP contribution is -2.39. The molecule has 1 heterocycles. The molecule has 0 aromatic carbocycles. The highest BCUT2D eigenvalue weighted by molar-refractivity contribution is 5.51. The fraction of sp³-hybridized carbons (Fsp3) is 0.667. The second-order valence-corrected chi connectivity index (χ2v) is 5.57. The van der Waals surface area contributed by atoms with Gasteiger partial charge in [0.15, 0.2) is 0 Å². The summed E-state index contributed by atoms with van der Waals surface area (Å²) in [4.78, 5) is 8.17. The third-order valence-corrected chi connectivity index (χ3v) is 3.72. The molecule has 1 aliphatic carbocycles. The van der Waals surface area contributed by atoms with Crippen molar-refractivity contribution in [2.24, 2.45) is 11.3 Å². The molecule has 1 atom stereocenters. The van der Waals surface area contributed by atoms with Gasteiger partial charge in [0, 0.05) is 12.1 Å². The van der Waals surface area contributed by atoms with Gasteiger partial charge in [0.25, 0.3) is 0 Å². The number of hydrogen-bond acceptors (Lipinski definition) is 6. The number of nitrogen functional groups attached to an aromatic ring is 2. The molecule has 1 aliphatic rings. The Morgan fingerprint density at radius 1 is 1.28 bits per heavy atom. The Hall–Kier alpha value is -1.56. The van der Waals surface area contributed by atoms with E-state index >= 15 is 0 Å². The number of nitrogens with zero attached hydrogens (tertiary/aromatic N) is 2. The van der Waals surface area contributed by atoms with E-state index in [1.165, 1.54) is 19.3 Å². The van der Waals surface area contributed by atoms with Gasteiger partial charge in [-0.25, -0.2) is 5.84 Å². The molecule has 18 heavy (non-hydrogen) atoms. The van der Waals surface area contributed by atoms with Crippen LogP contribution in [0.1, 0.15) is 39.5 Å². The molecule has 0 amide bonds. The highest BCUT2D eigenvalue weighted by Gasteiger charge is 2.32. The zero-order chi connectivity index (χ0) is 13.2. The molecule has 0 radical (unpaired) electrons. The van der Waals surface area contributed by atoms with Gasteiger partial charge in [-0.1, -0.05) is 26.7 Å². The summed E-state index contributed by atoms with van der Waals surface area (Å²) >= 11 is 0. The number of aromatic nitrogens is 2. The third kappa shape index (κ3) is 2.81. The molecule has 0 saturated heterocycles. The molecule has 6 heteroatoms. The summed E-state index contributed by atoms with van der Waals surface area (Å²) in [6.45, 7) is 4.58. The van der Waals surface area contributed by atoms with Crippen LogP contribution in [0.3, 0.4) is 0 Å². The van der Waals surface area contributed by atoms with Crippen LogP contribution in [-0.2, 0) is 0 Å². The van der Waals surface area contributed by atoms with Crippen molar-refractivity contribution in [1.29, 1.82) is 0 Å². The van der Waals surface area contributed by atoms with E-state index in [2.05, 4.69) is 34.6 Å². The zero-order valence-electron chi connectivity index (χ0n) is 11.0. The quantitative estimate of drug-likeness (QED) is 0.481. The average molecular weight is 250 g/mol. The van der Waals surface area contributed by atoms with Gasteiger partial charge < -0.3 is 16.5 Å². The Kier molecular flexibility index (Phi) is 3.56. The van der Waals surface area contributed by atoms with Gasteiger partial charge in [-0.2, -0.15) is 9.97 Å². The van der Waals surface area contributed by atoms with E-state index in [0.717, 1.165) is 12.2 Å². The summed E-state index contributed by atoms with van der Waals surface area (Å²) < 4.78 is 0. The van der Waals surface area contributed by atoms with Crippen molar-refractivity contribution in [3.63, 3.8) is 0 Å². The standard InChI is InChI=1S/C12H22N6/c1-12(2)6-4-3-5-8(12)15-9-7-10(18-14)17-11(13)16-9/h7-8H,3-6,14H2,1-2H3,(H4,13,15,16,17,18). The van der Waals surface area contributed by atoms with Gasteiger partial charge >= 0.3 is 0 Å². The van der Waals surface area contributed by atoms with Gasteiger partial charge in [0.2, 0.25) is 5.95 Å². The summed E-state index contributed by atoms with van der Waals surface area (Å²) in [6, 6.07) is 2.19. The van der Waals surface area contributed by atoms with E-state index in [1.807, 2.05) is 0 Å². The van der Waals surface area contributed by atoms with Crippen LogP contribution in [0.5, 0.6) is 0 Å². The van der Waals surface area contributed by atoms with Gasteiger partial charge in [-0.3, -0.25) is 0 Å². The number of hydrazine groups is 1. The van der Waals surface area contributed by atoms with E-state index in [-0.39, 0.29) is 11.4 Å². The molecule has 6 nitrogen and oxygen atoms in total. The molecule has 6 N–H and O–H groups in total. The van der Waals surface area contributed by atoms with Crippen molar-refractivity contribution in [2.45, 2.75) is 45.6 Å². The zero-order valence-corrected chi connectivity index (χ0v) is 11.0. The molecular weight excluding hydrogens is 228 g/mol. The smallest absolute Gasteiger partial charge is 0.223 e. The Labute approximate surface area is 108 Å². The fourth-order valence-corrected chi connectivity index (χ4v) is 2.55. The monoisotopic (exact) mass is 250 g/mol. The van der Waals surface area contributed by atoms with Crippen molar-refractivity contribution >= 4 is 17.6 Å². The van der Waals surface area contributed by atoms with Crippen molar-refractivity contribution in [1.82, 2.24) is 9.97 Å². The highest BCUT2D eigenvalue weighted by Crippen LogP contribution is 2.37. The van der Waals surface area contributed by atoms with Crippen LogP contribution in [-0.4, -0.2) is 16.0 Å². The van der Waals surface area contributed by atoms with Crippen molar-refractivity contribution in [2.75, 3.05) is 16.5 Å². The highest BCUT2D eigenvalue weighted by atomic mass is 15.3. The van der Waals surface area contributed by atoms with Crippen LogP contribution < -0.4 is 22.3 Å². The van der Waals surface area contributed by atoms with Crippen molar-refractivity contribution in [3.8, 4) is 0 Å². The predicted octanol–water partition coefficient (Wildman–Crippen LogP) is 1.73. The summed E-state index contributed by atoms with van der Waals surface area (Å²) in [6.07, 6.45) is 4.94.